The molecule has 0 radical (unpaired) electrons. The van der Waals surface area contributed by atoms with Crippen LogP contribution in [0.25, 0.3) is 0 Å². The highest BCUT2D eigenvalue weighted by atomic mass is 35.5. The lowest BCUT2D eigenvalue weighted by Gasteiger charge is -2.17. The maximum Gasteiger partial charge on any atom is 0.419 e. The smallest absolute Gasteiger partial charge is 0.399 e. The molecule has 8 N–H and O–H groups in total. The van der Waals surface area contributed by atoms with Gasteiger partial charge in [-0.25, -0.2) is 9.97 Å². The zero-order valence-electron chi connectivity index (χ0n) is 34.0. The Morgan fingerprint density at radius 2 is 1.22 bits per heavy atom. The number of nitrogens with one attached hydrogen (secondary N) is 6. The van der Waals surface area contributed by atoms with Gasteiger partial charge in [-0.1, -0.05) is 17.7 Å². The van der Waals surface area contributed by atoms with Crippen molar-refractivity contribution in [3.8, 4) is 0 Å². The number of Topliss-reactive ketones (excluding diaryl/α,β-unsaturated/α-hetero) is 1. The van der Waals surface area contributed by atoms with E-state index in [0.29, 0.717) is 36.8 Å². The van der Waals surface area contributed by atoms with Crippen LogP contribution < -0.4 is 37.6 Å². The lowest BCUT2D eigenvalue weighted by molar-refractivity contribution is -0.138. The van der Waals surface area contributed by atoms with Crippen molar-refractivity contribution in [1.29, 1.82) is 0 Å². The normalized spacial score (nSPS) is 12.6. The molecule has 5 heterocycles. The molecule has 6 aromatic rings. The third kappa shape index (κ3) is 11.8. The Balaban J connectivity index is 0.000000182. The number of nitrogens with two attached hydrogens (primary N) is 1. The molecule has 1 aliphatic carbocycles. The summed E-state index contributed by atoms with van der Waals surface area (Å²) < 4.78 is 79.8. The topological polar surface area (TPSA) is 218 Å². The van der Waals surface area contributed by atoms with Crippen LogP contribution in [0.15, 0.2) is 97.8 Å². The maximum atomic E-state index is 13.6. The number of hydrogen-bond acceptors (Lipinski definition) is 12. The molecule has 0 bridgehead atoms. The molecule has 15 nitrogen and oxygen atoms in total. The maximum absolute atomic E-state index is 13.6. The van der Waals surface area contributed by atoms with Gasteiger partial charge in [0, 0.05) is 87.2 Å². The third-order valence-electron chi connectivity index (χ3n) is 9.52. The fourth-order valence-electron chi connectivity index (χ4n) is 6.47. The summed E-state index contributed by atoms with van der Waals surface area (Å²) in [4.78, 5) is 61.3. The highest BCUT2D eigenvalue weighted by Crippen LogP contribution is 2.39. The number of aromatic nitrogens is 4. The van der Waals surface area contributed by atoms with E-state index in [9.17, 15) is 45.5 Å². The number of pyridine rings is 4. The van der Waals surface area contributed by atoms with Crippen molar-refractivity contribution in [3.63, 3.8) is 0 Å². The summed E-state index contributed by atoms with van der Waals surface area (Å²) in [6.45, 7) is 0. The average molecular weight is 920 g/mol. The summed E-state index contributed by atoms with van der Waals surface area (Å²) in [5.41, 5.74) is 8.55. The standard InChI is InChI=1S/C22H18F3N5O2.C13H10ClF3N4O.C8H8N2O/c1-26-21(32)16-10-27-5-4-18(16)30-19-9-20(28-11-17(19)22(23,24)25)29-14-3-2-12-7-15(31)8-13(12)6-14;1-18-12(22)7-5-19-3-2-9(7)21-10-4-11(14)20-6-8(10)13(15,16)17;9-6-1-2-7-5(3-6)4-8(11)10-7/h2-6,9-11H,7-8H2,1H3,(H,26,32)(H2,27,28,29,30);2-6H,1H3,(H,18,22)(H,19,20,21);1-3H,4,9H2,(H,10,11). The number of fused-ring (bicyclic) bond motifs is 2. The van der Waals surface area contributed by atoms with Gasteiger partial charge in [-0.2, -0.15) is 26.3 Å². The van der Waals surface area contributed by atoms with Crippen LogP contribution in [0.2, 0.25) is 5.15 Å². The van der Waals surface area contributed by atoms with E-state index in [1.807, 2.05) is 18.2 Å². The number of nitrogens with zero attached hydrogens (tertiary/aromatic N) is 4. The third-order valence-corrected chi connectivity index (χ3v) is 9.72. The van der Waals surface area contributed by atoms with Gasteiger partial charge in [-0.15, -0.1) is 0 Å². The monoisotopic (exact) mass is 919 g/mol. The van der Waals surface area contributed by atoms with Gasteiger partial charge in [-0.05, 0) is 65.2 Å². The summed E-state index contributed by atoms with van der Waals surface area (Å²) in [6.07, 6.45) is -1.50. The van der Waals surface area contributed by atoms with Crippen LogP contribution in [0.5, 0.6) is 0 Å². The second kappa shape index (κ2) is 19.7. The fourth-order valence-corrected chi connectivity index (χ4v) is 6.62. The number of carbonyl (C=O) groups excluding carboxylic acids is 4. The minimum atomic E-state index is -4.66. The zero-order valence-corrected chi connectivity index (χ0v) is 34.8. The Bertz CT molecular complexity index is 2790. The SMILES string of the molecule is CNC(=O)c1cnccc1Nc1cc(Cl)ncc1C(F)(F)F.CNC(=O)c1cnccc1Nc1cc(Nc2ccc3c(c2)CC(=O)C3)ncc1C(F)(F)F.Nc1ccc2c(c1)CC(=O)N2. The molecule has 4 aromatic heterocycles. The summed E-state index contributed by atoms with van der Waals surface area (Å²) in [5, 5.41) is 15.7. The second-order valence-corrected chi connectivity index (χ2v) is 14.4. The first kappa shape index (κ1) is 46.7. The van der Waals surface area contributed by atoms with Crippen LogP contribution in [0.1, 0.15) is 48.5 Å². The Hall–Kier alpha value is -7.81. The Kier molecular flexibility index (Phi) is 14.2. The molecule has 65 heavy (non-hydrogen) atoms. The van der Waals surface area contributed by atoms with E-state index in [1.54, 1.807) is 18.2 Å². The molecule has 0 spiro atoms. The van der Waals surface area contributed by atoms with Gasteiger partial charge in [0.05, 0.1) is 51.4 Å². The van der Waals surface area contributed by atoms with E-state index in [4.69, 9.17) is 17.3 Å². The predicted molar refractivity (Wildman–Crippen MR) is 231 cm³/mol. The van der Waals surface area contributed by atoms with E-state index >= 15 is 0 Å². The minimum absolute atomic E-state index is 0.0469. The second-order valence-electron chi connectivity index (χ2n) is 14.1. The predicted octanol–water partition coefficient (Wildman–Crippen LogP) is 8.03. The first-order valence-corrected chi connectivity index (χ1v) is 19.5. The molecular formula is C43H36ClF6N11O4. The molecule has 0 fully saturated rings. The zero-order chi connectivity index (χ0) is 47.1. The summed E-state index contributed by atoms with van der Waals surface area (Å²) >= 11 is 5.65. The molecule has 2 aromatic carbocycles. The molecule has 336 valence electrons. The van der Waals surface area contributed by atoms with Gasteiger partial charge in [0.2, 0.25) is 5.91 Å². The van der Waals surface area contributed by atoms with Crippen molar-refractivity contribution < 1.29 is 45.5 Å². The lowest BCUT2D eigenvalue weighted by atomic mass is 10.1. The van der Waals surface area contributed by atoms with Crippen molar-refractivity contribution in [1.82, 2.24) is 30.6 Å². The van der Waals surface area contributed by atoms with Crippen LogP contribution in [-0.4, -0.2) is 57.5 Å². The number of nitrogen functional groups attached to an aromatic ring is 1. The van der Waals surface area contributed by atoms with Crippen molar-refractivity contribution in [2.45, 2.75) is 31.6 Å². The number of carbonyl (C=O) groups is 4. The molecule has 2 aliphatic rings. The molecule has 8 rings (SSSR count). The van der Waals surface area contributed by atoms with E-state index in [0.717, 1.165) is 34.6 Å². The molecule has 22 heteroatoms. The van der Waals surface area contributed by atoms with Crippen LogP contribution in [-0.2, 0) is 41.2 Å². The number of amides is 3. The fraction of sp³-hybridized carbons (Fsp3) is 0.163. The Morgan fingerprint density at radius 1 is 0.646 bits per heavy atom. The highest BCUT2D eigenvalue weighted by Gasteiger charge is 2.36. The number of hydrogen-bond donors (Lipinski definition) is 7. The highest BCUT2D eigenvalue weighted by molar-refractivity contribution is 6.29. The largest absolute Gasteiger partial charge is 0.419 e. The van der Waals surface area contributed by atoms with Gasteiger partial charge in [0.15, 0.2) is 0 Å². The summed E-state index contributed by atoms with van der Waals surface area (Å²) in [7, 11) is 2.82. The number of alkyl halides is 6. The number of anilines is 8. The first-order chi connectivity index (χ1) is 30.8. The molecule has 0 saturated heterocycles. The van der Waals surface area contributed by atoms with Crippen molar-refractivity contribution in [3.05, 3.63) is 142 Å². The van der Waals surface area contributed by atoms with Gasteiger partial charge < -0.3 is 37.6 Å². The molecule has 1 aliphatic heterocycles. The van der Waals surface area contributed by atoms with Crippen molar-refractivity contribution in [2.75, 3.05) is 41.1 Å². The summed E-state index contributed by atoms with van der Waals surface area (Å²) in [6, 6.07) is 15.9. The van der Waals surface area contributed by atoms with Crippen LogP contribution in [0, 0.1) is 0 Å². The van der Waals surface area contributed by atoms with Gasteiger partial charge in [-0.3, -0.25) is 29.1 Å². The quantitative estimate of drug-likeness (QED) is 0.0439. The minimum Gasteiger partial charge on any atom is -0.399 e. The van der Waals surface area contributed by atoms with E-state index in [-0.39, 0.29) is 56.5 Å². The Labute approximate surface area is 370 Å². The van der Waals surface area contributed by atoms with E-state index in [1.165, 1.54) is 57.1 Å². The van der Waals surface area contributed by atoms with Crippen molar-refractivity contribution >= 4 is 80.7 Å². The van der Waals surface area contributed by atoms with Gasteiger partial charge in [0.1, 0.15) is 16.8 Å². The van der Waals surface area contributed by atoms with Gasteiger partial charge in [0.25, 0.3) is 11.8 Å². The molecule has 0 unspecified atom stereocenters. The van der Waals surface area contributed by atoms with Gasteiger partial charge >= 0.3 is 12.4 Å². The lowest BCUT2D eigenvalue weighted by Crippen LogP contribution is -2.19. The molecule has 0 saturated carbocycles. The number of ketones is 1. The van der Waals surface area contributed by atoms with Crippen LogP contribution >= 0.6 is 11.6 Å². The van der Waals surface area contributed by atoms with Crippen LogP contribution in [0.3, 0.4) is 0 Å². The Morgan fingerprint density at radius 3 is 1.80 bits per heavy atom. The first-order valence-electron chi connectivity index (χ1n) is 19.1. The average Bonchev–Trinajstić information content (AvgIpc) is 3.82. The number of halogens is 7. The van der Waals surface area contributed by atoms with E-state index < -0.39 is 35.3 Å². The molecular weight excluding hydrogens is 884 g/mol. The number of benzene rings is 2. The molecule has 3 amide bonds. The number of rotatable bonds is 8. The molecule has 0 atom stereocenters. The summed E-state index contributed by atoms with van der Waals surface area (Å²) in [5.74, 6) is -0.634. The van der Waals surface area contributed by atoms with Crippen LogP contribution in [0.4, 0.5) is 72.0 Å². The van der Waals surface area contributed by atoms with Crippen molar-refractivity contribution in [2.24, 2.45) is 0 Å². The van der Waals surface area contributed by atoms with E-state index in [2.05, 4.69) is 51.8 Å².